The van der Waals surface area contributed by atoms with Gasteiger partial charge >= 0.3 is 0 Å². The fourth-order valence-electron chi connectivity index (χ4n) is 3.31. The molecule has 3 rings (SSSR count). The van der Waals surface area contributed by atoms with Gasteiger partial charge in [0.25, 0.3) is 0 Å². The Labute approximate surface area is 138 Å². The molecule has 0 saturated carbocycles. The molecule has 0 aromatic heterocycles. The highest BCUT2D eigenvalue weighted by molar-refractivity contribution is 8.93. The highest BCUT2D eigenvalue weighted by Gasteiger charge is 2.43. The van der Waals surface area contributed by atoms with E-state index in [2.05, 4.69) is 36.1 Å². The monoisotopic (exact) mass is 355 g/mol. The summed E-state index contributed by atoms with van der Waals surface area (Å²) in [6.07, 6.45) is 4.91. The largest absolute Gasteiger partial charge is 0.345 e. The quantitative estimate of drug-likeness (QED) is 0.821. The lowest BCUT2D eigenvalue weighted by Crippen LogP contribution is -2.57. The second-order valence-electron chi connectivity index (χ2n) is 5.90. The summed E-state index contributed by atoms with van der Waals surface area (Å²) >= 11 is 0. The second kappa shape index (κ2) is 7.73. The SMILES string of the molecule is Br.CCCOC1(c2ccccc2)CN2CCCCC2CO1. The summed E-state index contributed by atoms with van der Waals surface area (Å²) in [5.74, 6) is -0.564. The zero-order valence-corrected chi connectivity index (χ0v) is 14.5. The van der Waals surface area contributed by atoms with Crippen LogP contribution in [-0.2, 0) is 15.3 Å². The van der Waals surface area contributed by atoms with Crippen LogP contribution >= 0.6 is 17.0 Å². The molecule has 0 amide bonds. The highest BCUT2D eigenvalue weighted by atomic mass is 79.9. The molecule has 1 aromatic carbocycles. The van der Waals surface area contributed by atoms with Gasteiger partial charge in [0.1, 0.15) is 0 Å². The minimum Gasteiger partial charge on any atom is -0.345 e. The van der Waals surface area contributed by atoms with E-state index >= 15 is 0 Å². The van der Waals surface area contributed by atoms with Crippen molar-refractivity contribution in [2.24, 2.45) is 0 Å². The first kappa shape index (κ1) is 16.9. The molecule has 1 aromatic rings. The highest BCUT2D eigenvalue weighted by Crippen LogP contribution is 2.35. The number of morpholine rings is 1. The molecule has 0 spiro atoms. The summed E-state index contributed by atoms with van der Waals surface area (Å²) in [6.45, 7) is 5.72. The van der Waals surface area contributed by atoms with Gasteiger partial charge in [-0.25, -0.2) is 0 Å². The van der Waals surface area contributed by atoms with Gasteiger partial charge in [0.2, 0.25) is 5.79 Å². The van der Waals surface area contributed by atoms with Crippen LogP contribution in [0.5, 0.6) is 0 Å². The van der Waals surface area contributed by atoms with E-state index in [1.807, 2.05) is 6.07 Å². The lowest BCUT2D eigenvalue weighted by molar-refractivity contribution is -0.290. The van der Waals surface area contributed by atoms with Crippen molar-refractivity contribution in [3.8, 4) is 0 Å². The minimum absolute atomic E-state index is 0. The number of rotatable bonds is 4. The Morgan fingerprint density at radius 3 is 2.86 bits per heavy atom. The number of halogens is 1. The van der Waals surface area contributed by atoms with E-state index in [1.54, 1.807) is 0 Å². The number of benzene rings is 1. The van der Waals surface area contributed by atoms with E-state index in [4.69, 9.17) is 9.47 Å². The van der Waals surface area contributed by atoms with Crippen LogP contribution in [0.2, 0.25) is 0 Å². The molecule has 2 aliphatic rings. The Morgan fingerprint density at radius 2 is 2.10 bits per heavy atom. The van der Waals surface area contributed by atoms with Crippen molar-refractivity contribution in [2.45, 2.75) is 44.4 Å². The molecule has 2 aliphatic heterocycles. The Hall–Kier alpha value is -0.420. The second-order valence-corrected chi connectivity index (χ2v) is 5.90. The van der Waals surface area contributed by atoms with Crippen LogP contribution in [0.25, 0.3) is 0 Å². The number of hydrogen-bond acceptors (Lipinski definition) is 3. The maximum Gasteiger partial charge on any atom is 0.208 e. The normalized spacial score (nSPS) is 29.5. The predicted molar refractivity (Wildman–Crippen MR) is 89.8 cm³/mol. The summed E-state index contributed by atoms with van der Waals surface area (Å²) < 4.78 is 12.5. The molecule has 2 fully saturated rings. The summed E-state index contributed by atoms with van der Waals surface area (Å²) in [5, 5.41) is 0. The minimum atomic E-state index is -0.564. The van der Waals surface area contributed by atoms with E-state index in [0.29, 0.717) is 6.04 Å². The Balaban J connectivity index is 0.00000161. The molecule has 2 saturated heterocycles. The van der Waals surface area contributed by atoms with Gasteiger partial charge in [0.05, 0.1) is 19.8 Å². The number of hydrogen-bond donors (Lipinski definition) is 0. The molecule has 0 aliphatic carbocycles. The van der Waals surface area contributed by atoms with Gasteiger partial charge in [-0.2, -0.15) is 0 Å². The summed E-state index contributed by atoms with van der Waals surface area (Å²) in [7, 11) is 0. The van der Waals surface area contributed by atoms with Gasteiger partial charge in [-0.05, 0) is 25.8 Å². The molecule has 2 unspecified atom stereocenters. The van der Waals surface area contributed by atoms with Gasteiger partial charge in [0.15, 0.2) is 0 Å². The molecular formula is C17H26BrNO2. The maximum atomic E-state index is 6.26. The fourth-order valence-corrected chi connectivity index (χ4v) is 3.31. The first-order valence-electron chi connectivity index (χ1n) is 7.91. The topological polar surface area (TPSA) is 21.7 Å². The third-order valence-electron chi connectivity index (χ3n) is 4.42. The van der Waals surface area contributed by atoms with Crippen LogP contribution in [-0.4, -0.2) is 37.2 Å². The van der Waals surface area contributed by atoms with Crippen LogP contribution < -0.4 is 0 Å². The van der Waals surface area contributed by atoms with Crippen molar-refractivity contribution in [1.82, 2.24) is 4.90 Å². The smallest absolute Gasteiger partial charge is 0.208 e. The zero-order valence-electron chi connectivity index (χ0n) is 12.8. The first-order valence-corrected chi connectivity index (χ1v) is 7.91. The molecule has 0 bridgehead atoms. The van der Waals surface area contributed by atoms with Gasteiger partial charge < -0.3 is 9.47 Å². The molecule has 3 nitrogen and oxygen atoms in total. The van der Waals surface area contributed by atoms with Crippen LogP contribution in [0.3, 0.4) is 0 Å². The van der Waals surface area contributed by atoms with Crippen LogP contribution in [0, 0.1) is 0 Å². The zero-order chi connectivity index (χ0) is 13.8. The lowest BCUT2D eigenvalue weighted by Gasteiger charge is -2.48. The molecule has 118 valence electrons. The Morgan fingerprint density at radius 1 is 1.29 bits per heavy atom. The van der Waals surface area contributed by atoms with E-state index in [1.165, 1.54) is 25.8 Å². The third-order valence-corrected chi connectivity index (χ3v) is 4.42. The standard InChI is InChI=1S/C17H25NO2.BrH/c1-2-12-19-17(15-8-4-3-5-9-15)14-18-11-7-6-10-16(18)13-20-17;/h3-5,8-9,16H,2,6-7,10-14H2,1H3;1H. The summed E-state index contributed by atoms with van der Waals surface area (Å²) in [6, 6.07) is 11.0. The predicted octanol–water partition coefficient (Wildman–Crippen LogP) is 3.73. The Kier molecular flexibility index (Phi) is 6.23. The number of fused-ring (bicyclic) bond motifs is 1. The molecule has 0 radical (unpaired) electrons. The van der Waals surface area contributed by atoms with E-state index < -0.39 is 5.79 Å². The average molecular weight is 356 g/mol. The van der Waals surface area contributed by atoms with Crippen molar-refractivity contribution in [1.29, 1.82) is 0 Å². The lowest BCUT2D eigenvalue weighted by atomic mass is 9.96. The molecule has 2 atom stereocenters. The molecule has 21 heavy (non-hydrogen) atoms. The van der Waals surface area contributed by atoms with Crippen LogP contribution in [0.1, 0.15) is 38.2 Å². The van der Waals surface area contributed by atoms with Crippen molar-refractivity contribution >= 4 is 17.0 Å². The third kappa shape index (κ3) is 3.67. The van der Waals surface area contributed by atoms with Gasteiger partial charge in [-0.15, -0.1) is 17.0 Å². The maximum absolute atomic E-state index is 6.26. The van der Waals surface area contributed by atoms with Gasteiger partial charge in [0, 0.05) is 11.6 Å². The number of ether oxygens (including phenoxy) is 2. The summed E-state index contributed by atoms with van der Waals surface area (Å²) in [4.78, 5) is 2.57. The average Bonchev–Trinajstić information content (AvgIpc) is 2.53. The van der Waals surface area contributed by atoms with Gasteiger partial charge in [-0.1, -0.05) is 43.7 Å². The van der Waals surface area contributed by atoms with Crippen molar-refractivity contribution < 1.29 is 9.47 Å². The summed E-state index contributed by atoms with van der Waals surface area (Å²) in [5.41, 5.74) is 1.15. The molecule has 2 heterocycles. The molecule has 4 heteroatoms. The van der Waals surface area contributed by atoms with E-state index in [0.717, 1.165) is 31.7 Å². The molecular weight excluding hydrogens is 330 g/mol. The fraction of sp³-hybridized carbons (Fsp3) is 0.647. The molecule has 0 N–H and O–H groups in total. The number of piperidine rings is 1. The van der Waals surface area contributed by atoms with Crippen molar-refractivity contribution in [2.75, 3.05) is 26.3 Å². The van der Waals surface area contributed by atoms with Crippen molar-refractivity contribution in [3.05, 3.63) is 35.9 Å². The van der Waals surface area contributed by atoms with E-state index in [9.17, 15) is 0 Å². The van der Waals surface area contributed by atoms with Crippen LogP contribution in [0.4, 0.5) is 0 Å². The van der Waals surface area contributed by atoms with E-state index in [-0.39, 0.29) is 17.0 Å². The van der Waals surface area contributed by atoms with Gasteiger partial charge in [-0.3, -0.25) is 4.90 Å². The first-order chi connectivity index (χ1) is 9.84. The van der Waals surface area contributed by atoms with Crippen LogP contribution in [0.15, 0.2) is 30.3 Å². The Bertz CT molecular complexity index is 428. The van der Waals surface area contributed by atoms with Crippen molar-refractivity contribution in [3.63, 3.8) is 0 Å². The number of nitrogens with zero attached hydrogens (tertiary/aromatic N) is 1.